The van der Waals surface area contributed by atoms with Gasteiger partial charge in [0.25, 0.3) is 0 Å². The molecule has 3 aromatic rings. The Kier molecular flexibility index (Phi) is 2.38. The van der Waals surface area contributed by atoms with Crippen LogP contribution in [0.3, 0.4) is 0 Å². The van der Waals surface area contributed by atoms with E-state index in [1.54, 1.807) is 18.3 Å². The van der Waals surface area contributed by atoms with E-state index in [1.807, 2.05) is 16.5 Å². The normalized spacial score (nSPS) is 11.2. The van der Waals surface area contributed by atoms with Crippen LogP contribution in [0, 0.1) is 0 Å². The van der Waals surface area contributed by atoms with Crippen molar-refractivity contribution in [2.75, 3.05) is 5.73 Å². The molecule has 0 saturated carbocycles. The molecule has 2 N–H and O–H groups in total. The first-order valence-corrected chi connectivity index (χ1v) is 6.01. The van der Waals surface area contributed by atoms with Crippen molar-refractivity contribution in [3.05, 3.63) is 40.3 Å². The van der Waals surface area contributed by atoms with Crippen LogP contribution in [0.2, 0.25) is 5.15 Å². The highest BCUT2D eigenvalue weighted by molar-refractivity contribution is 9.10. The van der Waals surface area contributed by atoms with Gasteiger partial charge in [-0.15, -0.1) is 0 Å². The number of aromatic nitrogens is 2. The first kappa shape index (κ1) is 10.7. The van der Waals surface area contributed by atoms with Gasteiger partial charge in [0.1, 0.15) is 0 Å². The van der Waals surface area contributed by atoms with Crippen LogP contribution >= 0.6 is 27.5 Å². The molecule has 0 saturated heterocycles. The Labute approximate surface area is 110 Å². The number of nitrogens with two attached hydrogens (primary N) is 1. The molecule has 0 atom stereocenters. The third-order valence-corrected chi connectivity index (χ3v) is 3.11. The van der Waals surface area contributed by atoms with Crippen LogP contribution in [0.5, 0.6) is 0 Å². The van der Waals surface area contributed by atoms with Gasteiger partial charge in [0.15, 0.2) is 21.4 Å². The summed E-state index contributed by atoms with van der Waals surface area (Å²) >= 11 is 9.31. The monoisotopic (exact) mass is 311 g/mol. The first-order valence-electron chi connectivity index (χ1n) is 4.84. The van der Waals surface area contributed by atoms with Crippen molar-refractivity contribution in [3.63, 3.8) is 0 Å². The standard InChI is InChI=1S/C11H7BrClN3O/c12-9-4-3-8(17-9)11-15-10(13)7-2-1-6(14)5-16(7)11/h1-5H,14H2. The van der Waals surface area contributed by atoms with E-state index in [0.717, 1.165) is 5.52 Å². The molecule has 4 nitrogen and oxygen atoms in total. The number of halogens is 2. The lowest BCUT2D eigenvalue weighted by atomic mass is 10.3. The minimum Gasteiger partial charge on any atom is -0.446 e. The number of hydrogen-bond acceptors (Lipinski definition) is 3. The van der Waals surface area contributed by atoms with Gasteiger partial charge in [-0.3, -0.25) is 4.40 Å². The largest absolute Gasteiger partial charge is 0.446 e. The Balaban J connectivity index is 2.33. The molecule has 0 spiro atoms. The zero-order chi connectivity index (χ0) is 12.0. The molecular formula is C11H7BrClN3O. The average molecular weight is 313 g/mol. The molecule has 0 fully saturated rings. The second-order valence-corrected chi connectivity index (χ2v) is 4.69. The summed E-state index contributed by atoms with van der Waals surface area (Å²) in [5.41, 5.74) is 7.19. The zero-order valence-corrected chi connectivity index (χ0v) is 10.9. The molecule has 0 aliphatic rings. The van der Waals surface area contributed by atoms with Crippen LogP contribution < -0.4 is 5.73 Å². The summed E-state index contributed by atoms with van der Waals surface area (Å²) in [5, 5.41) is 0.424. The highest BCUT2D eigenvalue weighted by Crippen LogP contribution is 2.29. The van der Waals surface area contributed by atoms with Crippen LogP contribution in [0.1, 0.15) is 0 Å². The maximum absolute atomic E-state index is 6.06. The van der Waals surface area contributed by atoms with E-state index in [2.05, 4.69) is 20.9 Å². The van der Waals surface area contributed by atoms with Crippen molar-refractivity contribution >= 4 is 38.7 Å². The summed E-state index contributed by atoms with van der Waals surface area (Å²) in [6.07, 6.45) is 1.76. The second kappa shape index (κ2) is 3.78. The molecule has 0 aromatic carbocycles. The fraction of sp³-hybridized carbons (Fsp3) is 0. The summed E-state index contributed by atoms with van der Waals surface area (Å²) in [7, 11) is 0. The number of nitrogen functional groups attached to an aromatic ring is 1. The third-order valence-electron chi connectivity index (χ3n) is 2.41. The van der Waals surface area contributed by atoms with Crippen LogP contribution in [0.25, 0.3) is 17.1 Å². The van der Waals surface area contributed by atoms with E-state index in [9.17, 15) is 0 Å². The smallest absolute Gasteiger partial charge is 0.182 e. The van der Waals surface area contributed by atoms with Gasteiger partial charge in [0.2, 0.25) is 0 Å². The Morgan fingerprint density at radius 1 is 1.29 bits per heavy atom. The number of fused-ring (bicyclic) bond motifs is 1. The Hall–Kier alpha value is -1.46. The molecule has 0 unspecified atom stereocenters. The Morgan fingerprint density at radius 2 is 2.12 bits per heavy atom. The molecule has 0 aliphatic heterocycles. The van der Waals surface area contributed by atoms with E-state index >= 15 is 0 Å². The number of nitrogens with zero attached hydrogens (tertiary/aromatic N) is 2. The van der Waals surface area contributed by atoms with Crippen molar-refractivity contribution < 1.29 is 4.42 Å². The predicted octanol–water partition coefficient (Wildman–Crippen LogP) is 3.59. The fourth-order valence-electron chi connectivity index (χ4n) is 1.67. The van der Waals surface area contributed by atoms with Gasteiger partial charge in [0.05, 0.1) is 5.52 Å². The van der Waals surface area contributed by atoms with E-state index in [0.29, 0.717) is 27.1 Å². The number of furan rings is 1. The highest BCUT2D eigenvalue weighted by atomic mass is 79.9. The van der Waals surface area contributed by atoms with E-state index < -0.39 is 0 Å². The maximum atomic E-state index is 6.06. The molecule has 3 rings (SSSR count). The summed E-state index contributed by atoms with van der Waals surface area (Å²) in [5.74, 6) is 1.26. The number of hydrogen-bond donors (Lipinski definition) is 1. The average Bonchev–Trinajstić information content (AvgIpc) is 2.83. The molecule has 0 amide bonds. The zero-order valence-electron chi connectivity index (χ0n) is 8.52. The fourth-order valence-corrected chi connectivity index (χ4v) is 2.21. The molecule has 17 heavy (non-hydrogen) atoms. The molecule has 3 aromatic heterocycles. The lowest BCUT2D eigenvalue weighted by Crippen LogP contribution is -1.91. The minimum atomic E-state index is 0.424. The minimum absolute atomic E-state index is 0.424. The van der Waals surface area contributed by atoms with Crippen LogP contribution in [0.15, 0.2) is 39.5 Å². The van der Waals surface area contributed by atoms with Crippen molar-refractivity contribution in [1.82, 2.24) is 9.38 Å². The number of anilines is 1. The number of imidazole rings is 1. The van der Waals surface area contributed by atoms with E-state index in [-0.39, 0.29) is 0 Å². The van der Waals surface area contributed by atoms with Gasteiger partial charge in [0, 0.05) is 11.9 Å². The molecule has 0 bridgehead atoms. The van der Waals surface area contributed by atoms with Gasteiger partial charge in [-0.1, -0.05) is 11.6 Å². The quantitative estimate of drug-likeness (QED) is 0.747. The van der Waals surface area contributed by atoms with E-state index in [1.165, 1.54) is 0 Å². The highest BCUT2D eigenvalue weighted by Gasteiger charge is 2.14. The number of pyridine rings is 1. The third kappa shape index (κ3) is 1.71. The lowest BCUT2D eigenvalue weighted by Gasteiger charge is -1.99. The molecule has 0 radical (unpaired) electrons. The van der Waals surface area contributed by atoms with Crippen LogP contribution in [-0.4, -0.2) is 9.38 Å². The summed E-state index contributed by atoms with van der Waals surface area (Å²) in [6.45, 7) is 0. The summed E-state index contributed by atoms with van der Waals surface area (Å²) < 4.78 is 7.92. The van der Waals surface area contributed by atoms with Gasteiger partial charge in [-0.05, 0) is 40.2 Å². The van der Waals surface area contributed by atoms with Gasteiger partial charge < -0.3 is 10.2 Å². The van der Waals surface area contributed by atoms with Crippen molar-refractivity contribution in [3.8, 4) is 11.6 Å². The van der Waals surface area contributed by atoms with Crippen LogP contribution in [0.4, 0.5) is 5.69 Å². The van der Waals surface area contributed by atoms with Crippen molar-refractivity contribution in [2.45, 2.75) is 0 Å². The molecular weight excluding hydrogens is 305 g/mol. The van der Waals surface area contributed by atoms with Crippen LogP contribution in [-0.2, 0) is 0 Å². The summed E-state index contributed by atoms with van der Waals surface area (Å²) in [6, 6.07) is 7.23. The van der Waals surface area contributed by atoms with E-state index in [4.69, 9.17) is 21.8 Å². The van der Waals surface area contributed by atoms with Gasteiger partial charge >= 0.3 is 0 Å². The van der Waals surface area contributed by atoms with Crippen molar-refractivity contribution in [2.24, 2.45) is 0 Å². The lowest BCUT2D eigenvalue weighted by molar-refractivity contribution is 0.551. The predicted molar refractivity (Wildman–Crippen MR) is 70.0 cm³/mol. The Bertz CT molecular complexity index is 704. The van der Waals surface area contributed by atoms with Crippen molar-refractivity contribution in [1.29, 1.82) is 0 Å². The Morgan fingerprint density at radius 3 is 2.82 bits per heavy atom. The second-order valence-electron chi connectivity index (χ2n) is 3.55. The molecule has 86 valence electrons. The summed E-state index contributed by atoms with van der Waals surface area (Å²) in [4.78, 5) is 4.27. The topological polar surface area (TPSA) is 56.5 Å². The first-order chi connectivity index (χ1) is 8.15. The van der Waals surface area contributed by atoms with Gasteiger partial charge in [-0.25, -0.2) is 4.98 Å². The molecule has 0 aliphatic carbocycles. The number of rotatable bonds is 1. The SMILES string of the molecule is Nc1ccc2c(Cl)nc(-c3ccc(Br)o3)n2c1. The van der Waals surface area contributed by atoms with Gasteiger partial charge in [-0.2, -0.15) is 0 Å². The maximum Gasteiger partial charge on any atom is 0.182 e. The molecule has 6 heteroatoms. The molecule has 3 heterocycles.